The molecule has 1 aromatic carbocycles. The average Bonchev–Trinajstić information content (AvgIpc) is 2.69. The number of hydrogen-bond acceptors (Lipinski definition) is 3. The molecular weight excluding hydrogens is 228 g/mol. The van der Waals surface area contributed by atoms with E-state index in [2.05, 4.69) is 24.1 Å². The lowest BCUT2D eigenvalue weighted by molar-refractivity contribution is -0.127. The topological polar surface area (TPSA) is 43.8 Å². The number of anilines is 1. The number of β-amino-alcohol motifs (C(OH)–C–C–N with tert-alkyl or cyclic N) is 1. The number of rotatable bonds is 5. The summed E-state index contributed by atoms with van der Waals surface area (Å²) in [6, 6.07) is 10.2. The smallest absolute Gasteiger partial charge is 0.225 e. The van der Waals surface area contributed by atoms with Crippen LogP contribution >= 0.6 is 0 Å². The van der Waals surface area contributed by atoms with Gasteiger partial charge >= 0.3 is 0 Å². The number of aliphatic hydroxyl groups is 1. The second kappa shape index (κ2) is 5.87. The van der Waals surface area contributed by atoms with Crippen LogP contribution in [0.1, 0.15) is 12.8 Å². The van der Waals surface area contributed by atoms with Gasteiger partial charge in [-0.2, -0.15) is 0 Å². The molecule has 18 heavy (non-hydrogen) atoms. The molecule has 1 fully saturated rings. The van der Waals surface area contributed by atoms with Crippen LogP contribution in [0.3, 0.4) is 0 Å². The highest BCUT2D eigenvalue weighted by atomic mass is 16.3. The second-order valence-corrected chi connectivity index (χ2v) is 4.81. The lowest BCUT2D eigenvalue weighted by Gasteiger charge is -2.21. The van der Waals surface area contributed by atoms with Crippen molar-refractivity contribution in [3.8, 4) is 0 Å². The van der Waals surface area contributed by atoms with Crippen LogP contribution in [0.15, 0.2) is 30.3 Å². The molecule has 1 saturated heterocycles. The first-order valence-electron chi connectivity index (χ1n) is 6.39. The number of carbonyl (C=O) groups is 1. The van der Waals surface area contributed by atoms with Gasteiger partial charge in [-0.05, 0) is 18.6 Å². The monoisotopic (exact) mass is 248 g/mol. The van der Waals surface area contributed by atoms with Gasteiger partial charge in [0.15, 0.2) is 0 Å². The van der Waals surface area contributed by atoms with Crippen LogP contribution in [0.4, 0.5) is 5.69 Å². The minimum Gasteiger partial charge on any atom is -0.391 e. The standard InChI is InChI=1S/C14H20N2O2/c1-15(12-6-3-2-4-7-12)8-5-9-16-11-13(17)10-14(16)18/h2-4,6-7,13,17H,5,8-11H2,1H3. The molecule has 1 aliphatic rings. The summed E-state index contributed by atoms with van der Waals surface area (Å²) in [4.78, 5) is 15.4. The molecule has 2 rings (SSSR count). The number of carbonyl (C=O) groups excluding carboxylic acids is 1. The first kappa shape index (κ1) is 12.9. The molecule has 4 nitrogen and oxygen atoms in total. The van der Waals surface area contributed by atoms with Crippen molar-refractivity contribution in [3.05, 3.63) is 30.3 Å². The first-order chi connectivity index (χ1) is 8.66. The van der Waals surface area contributed by atoms with Crippen molar-refractivity contribution < 1.29 is 9.90 Å². The minimum absolute atomic E-state index is 0.0739. The number of amides is 1. The zero-order valence-electron chi connectivity index (χ0n) is 10.7. The third-order valence-corrected chi connectivity index (χ3v) is 3.31. The number of hydrogen-bond donors (Lipinski definition) is 1. The van der Waals surface area contributed by atoms with Crippen molar-refractivity contribution in [1.82, 2.24) is 4.90 Å². The fraction of sp³-hybridized carbons (Fsp3) is 0.500. The van der Waals surface area contributed by atoms with Gasteiger partial charge in [0, 0.05) is 32.4 Å². The van der Waals surface area contributed by atoms with E-state index in [0.29, 0.717) is 6.54 Å². The molecule has 1 amide bonds. The van der Waals surface area contributed by atoms with E-state index in [1.807, 2.05) is 18.2 Å². The van der Waals surface area contributed by atoms with Gasteiger partial charge in [-0.3, -0.25) is 4.79 Å². The molecular formula is C14H20N2O2. The van der Waals surface area contributed by atoms with E-state index in [9.17, 15) is 9.90 Å². The molecule has 0 saturated carbocycles. The van der Waals surface area contributed by atoms with Crippen molar-refractivity contribution in [3.63, 3.8) is 0 Å². The van der Waals surface area contributed by atoms with Gasteiger partial charge in [-0.1, -0.05) is 18.2 Å². The number of aliphatic hydroxyl groups excluding tert-OH is 1. The molecule has 98 valence electrons. The van der Waals surface area contributed by atoms with Crippen LogP contribution in [-0.2, 0) is 4.79 Å². The van der Waals surface area contributed by atoms with Crippen LogP contribution < -0.4 is 4.90 Å². The summed E-state index contributed by atoms with van der Waals surface area (Å²) in [6.07, 6.45) is 0.739. The normalized spacial score (nSPS) is 19.3. The molecule has 1 N–H and O–H groups in total. The average molecular weight is 248 g/mol. The summed E-state index contributed by atoms with van der Waals surface area (Å²) in [5.74, 6) is 0.0739. The van der Waals surface area contributed by atoms with Gasteiger partial charge in [-0.15, -0.1) is 0 Å². The Morgan fingerprint density at radius 1 is 1.39 bits per heavy atom. The van der Waals surface area contributed by atoms with E-state index in [0.717, 1.165) is 19.5 Å². The summed E-state index contributed by atoms with van der Waals surface area (Å²) < 4.78 is 0. The molecule has 1 aliphatic heterocycles. The van der Waals surface area contributed by atoms with E-state index in [1.165, 1.54) is 5.69 Å². The van der Waals surface area contributed by atoms with E-state index in [1.54, 1.807) is 4.90 Å². The van der Waals surface area contributed by atoms with E-state index >= 15 is 0 Å². The summed E-state index contributed by atoms with van der Waals surface area (Å²) in [7, 11) is 2.05. The van der Waals surface area contributed by atoms with Gasteiger partial charge in [0.25, 0.3) is 0 Å². The van der Waals surface area contributed by atoms with Crippen LogP contribution in [0.25, 0.3) is 0 Å². The highest BCUT2D eigenvalue weighted by Gasteiger charge is 2.27. The fourth-order valence-corrected chi connectivity index (χ4v) is 2.28. The Bertz CT molecular complexity index is 394. The largest absolute Gasteiger partial charge is 0.391 e. The van der Waals surface area contributed by atoms with Gasteiger partial charge in [0.1, 0.15) is 0 Å². The van der Waals surface area contributed by atoms with Crippen molar-refractivity contribution >= 4 is 11.6 Å². The quantitative estimate of drug-likeness (QED) is 0.849. The molecule has 1 aromatic rings. The van der Waals surface area contributed by atoms with E-state index in [-0.39, 0.29) is 12.3 Å². The van der Waals surface area contributed by atoms with Crippen LogP contribution in [0.5, 0.6) is 0 Å². The summed E-state index contributed by atoms with van der Waals surface area (Å²) in [6.45, 7) is 2.13. The Morgan fingerprint density at radius 2 is 2.11 bits per heavy atom. The maximum atomic E-state index is 11.5. The molecule has 1 unspecified atom stereocenters. The van der Waals surface area contributed by atoms with Gasteiger partial charge in [-0.25, -0.2) is 0 Å². The third-order valence-electron chi connectivity index (χ3n) is 3.31. The van der Waals surface area contributed by atoms with Crippen LogP contribution in [0.2, 0.25) is 0 Å². The Morgan fingerprint density at radius 3 is 2.72 bits per heavy atom. The molecule has 0 aliphatic carbocycles. The van der Waals surface area contributed by atoms with E-state index < -0.39 is 6.10 Å². The predicted molar refractivity (Wildman–Crippen MR) is 71.5 cm³/mol. The van der Waals surface area contributed by atoms with Gasteiger partial charge in [0.05, 0.1) is 12.5 Å². The fourth-order valence-electron chi connectivity index (χ4n) is 2.28. The molecule has 0 bridgehead atoms. The molecule has 0 aromatic heterocycles. The van der Waals surface area contributed by atoms with Crippen molar-refractivity contribution in [1.29, 1.82) is 0 Å². The zero-order chi connectivity index (χ0) is 13.0. The maximum Gasteiger partial charge on any atom is 0.225 e. The van der Waals surface area contributed by atoms with Crippen LogP contribution in [-0.4, -0.2) is 48.7 Å². The van der Waals surface area contributed by atoms with Crippen molar-refractivity contribution in [2.75, 3.05) is 31.6 Å². The third kappa shape index (κ3) is 3.23. The lowest BCUT2D eigenvalue weighted by atomic mass is 10.3. The molecule has 0 radical (unpaired) electrons. The summed E-state index contributed by atoms with van der Waals surface area (Å²) in [5.41, 5.74) is 1.19. The highest BCUT2D eigenvalue weighted by molar-refractivity contribution is 5.78. The number of para-hydroxylation sites is 1. The lowest BCUT2D eigenvalue weighted by Crippen LogP contribution is -2.30. The SMILES string of the molecule is CN(CCCN1CC(O)CC1=O)c1ccccc1. The summed E-state index contributed by atoms with van der Waals surface area (Å²) in [5, 5.41) is 9.38. The molecule has 4 heteroatoms. The first-order valence-corrected chi connectivity index (χ1v) is 6.39. The van der Waals surface area contributed by atoms with E-state index in [4.69, 9.17) is 0 Å². The molecule has 1 atom stereocenters. The predicted octanol–water partition coefficient (Wildman–Crippen LogP) is 1.11. The number of nitrogens with zero attached hydrogens (tertiary/aromatic N) is 2. The van der Waals surface area contributed by atoms with Crippen molar-refractivity contribution in [2.45, 2.75) is 18.9 Å². The van der Waals surface area contributed by atoms with Gasteiger partial charge < -0.3 is 14.9 Å². The minimum atomic E-state index is -0.468. The second-order valence-electron chi connectivity index (χ2n) is 4.81. The zero-order valence-corrected chi connectivity index (χ0v) is 10.7. The number of likely N-dealkylation sites (tertiary alicyclic amines) is 1. The van der Waals surface area contributed by atoms with Crippen LogP contribution in [0, 0.1) is 0 Å². The Labute approximate surface area is 108 Å². The van der Waals surface area contributed by atoms with Crippen molar-refractivity contribution in [2.24, 2.45) is 0 Å². The maximum absolute atomic E-state index is 11.5. The summed E-state index contributed by atoms with van der Waals surface area (Å²) >= 11 is 0. The Balaban J connectivity index is 1.74. The molecule has 0 spiro atoms. The Hall–Kier alpha value is -1.55. The van der Waals surface area contributed by atoms with Gasteiger partial charge in [0.2, 0.25) is 5.91 Å². The number of benzene rings is 1. The molecule has 1 heterocycles. The Kier molecular flexibility index (Phi) is 4.20. The highest BCUT2D eigenvalue weighted by Crippen LogP contribution is 2.13.